The van der Waals surface area contributed by atoms with Gasteiger partial charge in [-0.3, -0.25) is 9.69 Å². The molecule has 0 radical (unpaired) electrons. The zero-order valence-corrected chi connectivity index (χ0v) is 18.0. The number of carbonyl (C=O) groups excluding carboxylic acids is 2. The molecule has 1 aromatic heterocycles. The first-order valence-electron chi connectivity index (χ1n) is 9.56. The van der Waals surface area contributed by atoms with Crippen molar-refractivity contribution in [1.29, 1.82) is 0 Å². The molecule has 0 unspecified atom stereocenters. The van der Waals surface area contributed by atoms with Crippen LogP contribution in [0, 0.1) is 0 Å². The second kappa shape index (κ2) is 7.38. The molecule has 1 atom stereocenters. The number of nitrogens with zero attached hydrogens (tertiary/aromatic N) is 3. The number of carbonyl (C=O) groups is 2. The molecule has 0 saturated carbocycles. The van der Waals surface area contributed by atoms with Gasteiger partial charge in [0.05, 0.1) is 0 Å². The van der Waals surface area contributed by atoms with Gasteiger partial charge in [-0.05, 0) is 48.9 Å². The number of halogens is 1. The largest absolute Gasteiger partial charge is 0.486 e. The van der Waals surface area contributed by atoms with Gasteiger partial charge in [0, 0.05) is 10.0 Å². The lowest BCUT2D eigenvalue weighted by Crippen LogP contribution is -2.41. The minimum absolute atomic E-state index is 0.131. The fourth-order valence-electron chi connectivity index (χ4n) is 3.55. The van der Waals surface area contributed by atoms with Crippen LogP contribution in [0.5, 0.6) is 11.5 Å². The molecule has 1 saturated heterocycles. The van der Waals surface area contributed by atoms with E-state index >= 15 is 0 Å². The Bertz CT molecular complexity index is 1180. The molecular weight excluding hydrogens is 468 g/mol. The van der Waals surface area contributed by atoms with E-state index < -0.39 is 17.5 Å². The molecule has 5 rings (SSSR count). The van der Waals surface area contributed by atoms with Crippen molar-refractivity contribution >= 4 is 27.9 Å². The fraction of sp³-hybridized carbons (Fsp3) is 0.238. The highest BCUT2D eigenvalue weighted by molar-refractivity contribution is 9.10. The lowest BCUT2D eigenvalue weighted by atomic mass is 9.91. The number of ether oxygens (including phenoxy) is 2. The van der Waals surface area contributed by atoms with Crippen LogP contribution in [0.25, 0.3) is 11.5 Å². The number of urea groups is 1. The highest BCUT2D eigenvalue weighted by Crippen LogP contribution is 2.37. The van der Waals surface area contributed by atoms with Gasteiger partial charge in [0.1, 0.15) is 25.3 Å². The third-order valence-electron chi connectivity index (χ3n) is 5.25. The Hall–Kier alpha value is -3.40. The van der Waals surface area contributed by atoms with Gasteiger partial charge < -0.3 is 19.2 Å². The standard InChI is InChI=1S/C21H17BrN4O5/c1-21(13-4-7-15-16(10-13)30-9-8-29-15)19(27)26(20(28)23-21)11-17-24-25-18(31-17)12-2-5-14(22)6-3-12/h2-7,10H,8-9,11H2,1H3,(H,23,28)/t21-/m1/s1. The van der Waals surface area contributed by atoms with Crippen LogP contribution in [0.15, 0.2) is 51.4 Å². The van der Waals surface area contributed by atoms with Crippen LogP contribution in [-0.2, 0) is 16.9 Å². The molecule has 3 aromatic rings. The number of amides is 3. The van der Waals surface area contributed by atoms with E-state index in [2.05, 4.69) is 31.4 Å². The number of hydrogen-bond donors (Lipinski definition) is 1. The van der Waals surface area contributed by atoms with E-state index in [1.807, 2.05) is 24.3 Å². The summed E-state index contributed by atoms with van der Waals surface area (Å²) < 4.78 is 17.7. The minimum atomic E-state index is -1.25. The number of fused-ring (bicyclic) bond motifs is 1. The van der Waals surface area contributed by atoms with E-state index in [0.29, 0.717) is 36.2 Å². The number of hydrogen-bond acceptors (Lipinski definition) is 7. The maximum absolute atomic E-state index is 13.2. The zero-order chi connectivity index (χ0) is 21.6. The number of imide groups is 1. The molecule has 9 nitrogen and oxygen atoms in total. The molecule has 1 N–H and O–H groups in total. The molecular formula is C21H17BrN4O5. The van der Waals surface area contributed by atoms with Gasteiger partial charge in [-0.2, -0.15) is 0 Å². The van der Waals surface area contributed by atoms with E-state index in [9.17, 15) is 9.59 Å². The highest BCUT2D eigenvalue weighted by atomic mass is 79.9. The summed E-state index contributed by atoms with van der Waals surface area (Å²) in [6, 6.07) is 12.0. The first-order chi connectivity index (χ1) is 14.9. The normalized spacial score (nSPS) is 20.1. The summed E-state index contributed by atoms with van der Waals surface area (Å²) in [6.45, 7) is 2.42. The van der Waals surface area contributed by atoms with E-state index in [1.54, 1.807) is 25.1 Å². The molecule has 0 aliphatic carbocycles. The van der Waals surface area contributed by atoms with E-state index in [4.69, 9.17) is 13.9 Å². The van der Waals surface area contributed by atoms with Crippen molar-refractivity contribution in [3.63, 3.8) is 0 Å². The van der Waals surface area contributed by atoms with Gasteiger partial charge in [-0.25, -0.2) is 4.79 Å². The fourth-order valence-corrected chi connectivity index (χ4v) is 3.82. The maximum Gasteiger partial charge on any atom is 0.325 e. The average molecular weight is 485 g/mol. The van der Waals surface area contributed by atoms with Crippen molar-refractivity contribution in [3.05, 3.63) is 58.4 Å². The third kappa shape index (κ3) is 3.42. The summed E-state index contributed by atoms with van der Waals surface area (Å²) in [5.41, 5.74) is 0.0838. The van der Waals surface area contributed by atoms with Crippen molar-refractivity contribution < 1.29 is 23.5 Å². The van der Waals surface area contributed by atoms with Crippen LogP contribution >= 0.6 is 15.9 Å². The summed E-state index contributed by atoms with van der Waals surface area (Å²) in [4.78, 5) is 26.9. The Labute approximate surface area is 185 Å². The van der Waals surface area contributed by atoms with Gasteiger partial charge in [0.2, 0.25) is 11.8 Å². The Morgan fingerprint density at radius 3 is 2.58 bits per heavy atom. The molecule has 158 valence electrons. The number of benzene rings is 2. The second-order valence-electron chi connectivity index (χ2n) is 7.31. The summed E-state index contributed by atoms with van der Waals surface area (Å²) in [5, 5.41) is 10.8. The van der Waals surface area contributed by atoms with E-state index in [0.717, 1.165) is 14.9 Å². The molecule has 2 aliphatic rings. The van der Waals surface area contributed by atoms with Gasteiger partial charge in [0.15, 0.2) is 11.5 Å². The van der Waals surface area contributed by atoms with Crippen LogP contribution < -0.4 is 14.8 Å². The Kier molecular flexibility index (Phi) is 4.66. The van der Waals surface area contributed by atoms with Gasteiger partial charge in [-0.15, -0.1) is 10.2 Å². The Balaban J connectivity index is 1.37. The van der Waals surface area contributed by atoms with Gasteiger partial charge in [-0.1, -0.05) is 22.0 Å². The summed E-state index contributed by atoms with van der Waals surface area (Å²) in [6.07, 6.45) is 0. The molecule has 3 amide bonds. The SMILES string of the molecule is C[C@]1(c2ccc3c(c2)OCCO3)NC(=O)N(Cc2nnc(-c3ccc(Br)cc3)o2)C1=O. The quantitative estimate of drug-likeness (QED) is 0.566. The maximum atomic E-state index is 13.2. The highest BCUT2D eigenvalue weighted by Gasteiger charge is 2.49. The summed E-state index contributed by atoms with van der Waals surface area (Å²) in [7, 11) is 0. The topological polar surface area (TPSA) is 107 Å². The lowest BCUT2D eigenvalue weighted by Gasteiger charge is -2.25. The van der Waals surface area contributed by atoms with Crippen LogP contribution in [0.1, 0.15) is 18.4 Å². The minimum Gasteiger partial charge on any atom is -0.486 e. The van der Waals surface area contributed by atoms with Crippen molar-refractivity contribution in [2.45, 2.75) is 19.0 Å². The first-order valence-corrected chi connectivity index (χ1v) is 10.4. The van der Waals surface area contributed by atoms with Crippen molar-refractivity contribution in [3.8, 4) is 23.0 Å². The van der Waals surface area contributed by atoms with E-state index in [-0.39, 0.29) is 12.4 Å². The van der Waals surface area contributed by atoms with Crippen LogP contribution in [0.4, 0.5) is 4.79 Å². The molecule has 10 heteroatoms. The molecule has 31 heavy (non-hydrogen) atoms. The van der Waals surface area contributed by atoms with Crippen LogP contribution in [-0.4, -0.2) is 40.2 Å². The van der Waals surface area contributed by atoms with E-state index in [1.165, 1.54) is 0 Å². The summed E-state index contributed by atoms with van der Waals surface area (Å²) in [5.74, 6) is 1.20. The van der Waals surface area contributed by atoms with Crippen molar-refractivity contribution in [1.82, 2.24) is 20.4 Å². The molecule has 0 bridgehead atoms. The smallest absolute Gasteiger partial charge is 0.325 e. The monoisotopic (exact) mass is 484 g/mol. The summed E-state index contributed by atoms with van der Waals surface area (Å²) >= 11 is 3.37. The Morgan fingerprint density at radius 2 is 1.81 bits per heavy atom. The predicted molar refractivity (Wildman–Crippen MR) is 111 cm³/mol. The molecule has 0 spiro atoms. The van der Waals surface area contributed by atoms with Crippen molar-refractivity contribution in [2.75, 3.05) is 13.2 Å². The van der Waals surface area contributed by atoms with Crippen LogP contribution in [0.2, 0.25) is 0 Å². The molecule has 3 heterocycles. The number of aromatic nitrogens is 2. The number of rotatable bonds is 4. The molecule has 2 aromatic carbocycles. The predicted octanol–water partition coefficient (Wildman–Crippen LogP) is 3.24. The van der Waals surface area contributed by atoms with Crippen LogP contribution in [0.3, 0.4) is 0 Å². The molecule has 1 fully saturated rings. The van der Waals surface area contributed by atoms with Gasteiger partial charge >= 0.3 is 6.03 Å². The third-order valence-corrected chi connectivity index (χ3v) is 5.77. The first kappa shape index (κ1) is 19.6. The molecule has 2 aliphatic heterocycles. The van der Waals surface area contributed by atoms with Crippen molar-refractivity contribution in [2.24, 2.45) is 0 Å². The van der Waals surface area contributed by atoms with Gasteiger partial charge in [0.25, 0.3) is 5.91 Å². The second-order valence-corrected chi connectivity index (χ2v) is 8.23. The Morgan fingerprint density at radius 1 is 1.06 bits per heavy atom. The average Bonchev–Trinajstić information content (AvgIpc) is 3.33. The lowest BCUT2D eigenvalue weighted by molar-refractivity contribution is -0.131. The number of nitrogens with one attached hydrogen (secondary N) is 1. The zero-order valence-electron chi connectivity index (χ0n) is 16.4.